The molecule has 0 radical (unpaired) electrons. The van der Waals surface area contributed by atoms with Crippen LogP contribution in [-0.4, -0.2) is 18.5 Å². The Labute approximate surface area is 128 Å². The van der Waals surface area contributed by atoms with Gasteiger partial charge in [0.15, 0.2) is 0 Å². The largest absolute Gasteiger partial charge is 0.337 e. The van der Waals surface area contributed by atoms with Crippen molar-refractivity contribution in [3.05, 3.63) is 28.2 Å². The minimum Gasteiger partial charge on any atom is -0.337 e. The Morgan fingerprint density at radius 1 is 1.35 bits per heavy atom. The van der Waals surface area contributed by atoms with Crippen LogP contribution < -0.4 is 10.2 Å². The number of benzene rings is 1. The molecule has 1 atom stereocenters. The highest BCUT2D eigenvalue weighted by Gasteiger charge is 2.36. The second-order valence-electron chi connectivity index (χ2n) is 5.28. The zero-order valence-corrected chi connectivity index (χ0v) is 12.8. The van der Waals surface area contributed by atoms with Crippen molar-refractivity contribution >= 4 is 40.8 Å². The van der Waals surface area contributed by atoms with E-state index in [-0.39, 0.29) is 11.8 Å². The summed E-state index contributed by atoms with van der Waals surface area (Å²) in [5, 5.41) is 3.48. The minimum absolute atomic E-state index is 0.230. The lowest BCUT2D eigenvalue weighted by atomic mass is 9.94. The van der Waals surface area contributed by atoms with Gasteiger partial charge in [0.25, 0.3) is 0 Å². The number of nitrogens with zero attached hydrogens (tertiary/aromatic N) is 1. The Morgan fingerprint density at radius 3 is 2.70 bits per heavy atom. The van der Waals surface area contributed by atoms with E-state index in [1.807, 2.05) is 13.8 Å². The van der Waals surface area contributed by atoms with Gasteiger partial charge in [-0.2, -0.15) is 0 Å². The van der Waals surface area contributed by atoms with E-state index in [4.69, 9.17) is 23.2 Å². The van der Waals surface area contributed by atoms with E-state index in [9.17, 15) is 9.59 Å². The molecule has 1 unspecified atom stereocenters. The molecule has 0 spiro atoms. The van der Waals surface area contributed by atoms with Gasteiger partial charge in [-0.25, -0.2) is 9.69 Å². The first-order valence-electron chi connectivity index (χ1n) is 6.47. The first-order chi connectivity index (χ1) is 9.40. The first-order valence-corrected chi connectivity index (χ1v) is 7.22. The van der Waals surface area contributed by atoms with Gasteiger partial charge in [-0.1, -0.05) is 37.0 Å². The molecule has 0 aliphatic carbocycles. The Balaban J connectivity index is 2.34. The van der Waals surface area contributed by atoms with E-state index >= 15 is 0 Å². The Bertz CT molecular complexity index is 546. The zero-order valence-electron chi connectivity index (χ0n) is 11.3. The highest BCUT2D eigenvalue weighted by atomic mass is 35.5. The van der Waals surface area contributed by atoms with Crippen molar-refractivity contribution in [2.45, 2.75) is 20.3 Å². The van der Waals surface area contributed by atoms with Crippen LogP contribution in [0.3, 0.4) is 0 Å². The molecule has 0 aromatic heterocycles. The summed E-state index contributed by atoms with van der Waals surface area (Å²) in [6.45, 7) is 4.45. The van der Waals surface area contributed by atoms with Crippen molar-refractivity contribution in [2.24, 2.45) is 11.8 Å². The van der Waals surface area contributed by atoms with Crippen molar-refractivity contribution in [1.82, 2.24) is 5.32 Å². The van der Waals surface area contributed by atoms with Gasteiger partial charge in [-0.15, -0.1) is 0 Å². The fraction of sp³-hybridized carbons (Fsp3) is 0.429. The molecule has 6 heteroatoms. The summed E-state index contributed by atoms with van der Waals surface area (Å²) in [7, 11) is 0. The monoisotopic (exact) mass is 314 g/mol. The van der Waals surface area contributed by atoms with Gasteiger partial charge in [0, 0.05) is 11.6 Å². The third-order valence-electron chi connectivity index (χ3n) is 3.18. The fourth-order valence-corrected chi connectivity index (χ4v) is 2.67. The number of halogens is 2. The van der Waals surface area contributed by atoms with Gasteiger partial charge in [0.1, 0.15) is 0 Å². The summed E-state index contributed by atoms with van der Waals surface area (Å²) in [6.07, 6.45) is 0.716. The summed E-state index contributed by atoms with van der Waals surface area (Å²) in [5.41, 5.74) is 0.329. The van der Waals surface area contributed by atoms with Crippen molar-refractivity contribution in [2.75, 3.05) is 11.4 Å². The molecule has 0 saturated carbocycles. The quantitative estimate of drug-likeness (QED) is 0.924. The second-order valence-corrected chi connectivity index (χ2v) is 6.13. The number of amides is 3. The van der Waals surface area contributed by atoms with Gasteiger partial charge >= 0.3 is 6.03 Å². The van der Waals surface area contributed by atoms with Crippen LogP contribution in [0.2, 0.25) is 10.0 Å². The standard InChI is InChI=1S/C14H16Cl2N2O2/c1-8(2)5-9-7-17-14(20)18(13(9)19)12-6-10(15)3-4-11(12)16/h3-4,6,8-9H,5,7H2,1-2H3,(H,17,20). The molecular formula is C14H16Cl2N2O2. The molecular weight excluding hydrogens is 299 g/mol. The molecule has 1 aromatic rings. The van der Waals surface area contributed by atoms with Gasteiger partial charge in [-0.05, 0) is 30.5 Å². The number of anilines is 1. The summed E-state index contributed by atoms with van der Waals surface area (Å²) in [6, 6.07) is 4.26. The van der Waals surface area contributed by atoms with Gasteiger partial charge in [0.2, 0.25) is 5.91 Å². The molecule has 108 valence electrons. The van der Waals surface area contributed by atoms with Gasteiger partial charge < -0.3 is 5.32 Å². The Hall–Kier alpha value is -1.26. The Kier molecular flexibility index (Phi) is 4.55. The number of urea groups is 1. The summed E-state index contributed by atoms with van der Waals surface area (Å²) in [5.74, 6) is -0.0926. The molecule has 1 N–H and O–H groups in total. The first kappa shape index (κ1) is 15.1. The average molecular weight is 315 g/mol. The molecule has 1 aliphatic rings. The van der Waals surface area contributed by atoms with Crippen LogP contribution in [0.25, 0.3) is 0 Å². The van der Waals surface area contributed by atoms with Crippen LogP contribution in [0.15, 0.2) is 18.2 Å². The van der Waals surface area contributed by atoms with Crippen molar-refractivity contribution < 1.29 is 9.59 Å². The fourth-order valence-electron chi connectivity index (χ4n) is 2.30. The second kappa shape index (κ2) is 6.02. The molecule has 4 nitrogen and oxygen atoms in total. The maximum Gasteiger partial charge on any atom is 0.328 e. The predicted octanol–water partition coefficient (Wildman–Crippen LogP) is 3.71. The normalized spacial score (nSPS) is 19.4. The number of carbonyl (C=O) groups excluding carboxylic acids is 2. The van der Waals surface area contributed by atoms with E-state index in [0.717, 1.165) is 4.90 Å². The van der Waals surface area contributed by atoms with Crippen LogP contribution in [0, 0.1) is 11.8 Å². The van der Waals surface area contributed by atoms with E-state index < -0.39 is 6.03 Å². The van der Waals surface area contributed by atoms with Gasteiger partial charge in [-0.3, -0.25) is 4.79 Å². The molecule has 3 amide bonds. The lowest BCUT2D eigenvalue weighted by Gasteiger charge is -2.32. The SMILES string of the molecule is CC(C)CC1CNC(=O)N(c2cc(Cl)ccc2Cl)C1=O. The van der Waals surface area contributed by atoms with Crippen molar-refractivity contribution in [3.8, 4) is 0 Å². The van der Waals surface area contributed by atoms with Gasteiger partial charge in [0.05, 0.1) is 16.6 Å². The van der Waals surface area contributed by atoms with Crippen LogP contribution in [-0.2, 0) is 4.79 Å². The van der Waals surface area contributed by atoms with E-state index in [1.165, 1.54) is 6.07 Å². The smallest absolute Gasteiger partial charge is 0.328 e. The van der Waals surface area contributed by atoms with Crippen LogP contribution in [0.1, 0.15) is 20.3 Å². The third kappa shape index (κ3) is 3.07. The van der Waals surface area contributed by atoms with Crippen LogP contribution in [0.4, 0.5) is 10.5 Å². The number of hydrogen-bond acceptors (Lipinski definition) is 2. The summed E-state index contributed by atoms with van der Waals surface area (Å²) < 4.78 is 0. The Morgan fingerprint density at radius 2 is 2.05 bits per heavy atom. The highest BCUT2D eigenvalue weighted by molar-refractivity contribution is 6.37. The number of carbonyl (C=O) groups is 2. The maximum atomic E-state index is 12.5. The predicted molar refractivity (Wildman–Crippen MR) is 80.3 cm³/mol. The number of rotatable bonds is 3. The number of nitrogens with one attached hydrogen (secondary N) is 1. The number of imide groups is 1. The molecule has 1 fully saturated rings. The van der Waals surface area contributed by atoms with Crippen LogP contribution >= 0.6 is 23.2 Å². The number of hydrogen-bond donors (Lipinski definition) is 1. The third-order valence-corrected chi connectivity index (χ3v) is 3.73. The summed E-state index contributed by atoms with van der Waals surface area (Å²) >= 11 is 12.0. The molecule has 1 heterocycles. The van der Waals surface area contributed by atoms with Crippen molar-refractivity contribution in [3.63, 3.8) is 0 Å². The van der Waals surface area contributed by atoms with E-state index in [1.54, 1.807) is 12.1 Å². The highest BCUT2D eigenvalue weighted by Crippen LogP contribution is 2.32. The minimum atomic E-state index is -0.459. The average Bonchev–Trinajstić information content (AvgIpc) is 2.37. The molecule has 20 heavy (non-hydrogen) atoms. The molecule has 2 rings (SSSR count). The van der Waals surface area contributed by atoms with Crippen LogP contribution in [0.5, 0.6) is 0 Å². The maximum absolute atomic E-state index is 12.5. The summed E-state index contributed by atoms with van der Waals surface area (Å²) in [4.78, 5) is 25.6. The molecule has 1 aliphatic heterocycles. The zero-order chi connectivity index (χ0) is 14.9. The molecule has 0 bridgehead atoms. The topological polar surface area (TPSA) is 49.4 Å². The molecule has 1 saturated heterocycles. The van der Waals surface area contributed by atoms with E-state index in [2.05, 4.69) is 5.32 Å². The van der Waals surface area contributed by atoms with E-state index in [0.29, 0.717) is 34.6 Å². The lowest BCUT2D eigenvalue weighted by Crippen LogP contribution is -2.55. The lowest BCUT2D eigenvalue weighted by molar-refractivity contribution is -0.122. The van der Waals surface area contributed by atoms with Crippen molar-refractivity contribution in [1.29, 1.82) is 0 Å². The molecule has 1 aromatic carbocycles.